The molecule has 1 heterocycles. The molecule has 0 aliphatic heterocycles. The summed E-state index contributed by atoms with van der Waals surface area (Å²) in [7, 11) is 0. The first-order valence-electron chi connectivity index (χ1n) is 19.0. The quantitative estimate of drug-likeness (QED) is 0.0998. The van der Waals surface area contributed by atoms with Crippen LogP contribution >= 0.6 is 0 Å². The summed E-state index contributed by atoms with van der Waals surface area (Å²) in [5, 5.41) is 4.76. The van der Waals surface area contributed by atoms with Crippen molar-refractivity contribution in [2.75, 3.05) is 0 Å². The van der Waals surface area contributed by atoms with Gasteiger partial charge in [0.15, 0.2) is 0 Å². The van der Waals surface area contributed by atoms with Gasteiger partial charge in [-0.15, -0.1) is 0 Å². The van der Waals surface area contributed by atoms with Crippen molar-refractivity contribution in [2.24, 2.45) is 0 Å². The number of hydrogen-bond donors (Lipinski definition) is 0. The molecular weight excluding hydrogens is 637 g/mol. The first kappa shape index (κ1) is 34.6. The van der Waals surface area contributed by atoms with E-state index in [2.05, 4.69) is 178 Å². The Labute approximate surface area is 315 Å². The average Bonchev–Trinajstić information content (AvgIpc) is 3.12. The maximum Gasteiger partial charge on any atom is 0.243 e. The van der Waals surface area contributed by atoms with Crippen molar-refractivity contribution < 1.29 is 0 Å². The molecule has 0 saturated carbocycles. The maximum absolute atomic E-state index is 5.11. The lowest BCUT2D eigenvalue weighted by Crippen LogP contribution is -2.57. The first-order chi connectivity index (χ1) is 25.4. The standard InChI is InChI=1S/C51H48BN/c1-29-23-31(3)48(32(4)24-29)52(49-33(5)25-30(2)26-34(49)6)50-37(9)35(7)47(36(8)38(50)10)40-21-19-39(20-22-40)45-28-42-27-41-15-11-14-18-46(41)53-51(42)44-17-13-12-16-43(44)45/h11-28H,1-10H3. The van der Waals surface area contributed by atoms with Crippen LogP contribution in [0.4, 0.5) is 0 Å². The highest BCUT2D eigenvalue weighted by Crippen LogP contribution is 2.38. The summed E-state index contributed by atoms with van der Waals surface area (Å²) < 4.78 is 0. The third-order valence-electron chi connectivity index (χ3n) is 12.0. The topological polar surface area (TPSA) is 12.9 Å². The third kappa shape index (κ3) is 5.76. The number of benzene rings is 7. The molecular formula is C51H48BN. The SMILES string of the molecule is Cc1cc(C)c(B(c2c(C)cc(C)cc2C)c2c(C)c(C)c(-c3ccc(-c4cc5cc6ccccc6nc5c5ccccc45)cc3)c(C)c2C)c(C)c1. The van der Waals surface area contributed by atoms with Gasteiger partial charge in [0.1, 0.15) is 0 Å². The summed E-state index contributed by atoms with van der Waals surface area (Å²) in [5.41, 5.74) is 25.1. The molecule has 53 heavy (non-hydrogen) atoms. The van der Waals surface area contributed by atoms with Crippen LogP contribution in [0.25, 0.3) is 54.8 Å². The Morgan fingerprint density at radius 2 is 0.906 bits per heavy atom. The van der Waals surface area contributed by atoms with Gasteiger partial charge in [0.05, 0.1) is 11.0 Å². The van der Waals surface area contributed by atoms with Crippen LogP contribution in [0.1, 0.15) is 55.6 Å². The summed E-state index contributed by atoms with van der Waals surface area (Å²) in [6, 6.07) is 40.5. The molecule has 0 radical (unpaired) electrons. The van der Waals surface area contributed by atoms with Crippen molar-refractivity contribution >= 4 is 55.7 Å². The molecule has 0 unspecified atom stereocenters. The van der Waals surface area contributed by atoms with Gasteiger partial charge < -0.3 is 0 Å². The molecule has 0 amide bonds. The van der Waals surface area contributed by atoms with Crippen LogP contribution in [-0.4, -0.2) is 11.7 Å². The van der Waals surface area contributed by atoms with Gasteiger partial charge in [-0.1, -0.05) is 152 Å². The molecule has 0 N–H and O–H groups in total. The van der Waals surface area contributed by atoms with Gasteiger partial charge in [0.2, 0.25) is 6.71 Å². The molecule has 2 heteroatoms. The normalized spacial score (nSPS) is 11.6. The van der Waals surface area contributed by atoms with Gasteiger partial charge in [-0.3, -0.25) is 0 Å². The van der Waals surface area contributed by atoms with Crippen LogP contribution in [0.3, 0.4) is 0 Å². The highest BCUT2D eigenvalue weighted by molar-refractivity contribution is 6.97. The summed E-state index contributed by atoms with van der Waals surface area (Å²) in [4.78, 5) is 5.11. The first-order valence-corrected chi connectivity index (χ1v) is 19.0. The van der Waals surface area contributed by atoms with E-state index in [9.17, 15) is 0 Å². The molecule has 0 aliphatic rings. The molecule has 7 aromatic carbocycles. The Bertz CT molecular complexity index is 2640. The number of nitrogens with zero attached hydrogens (tertiary/aromatic N) is 1. The predicted molar refractivity (Wildman–Crippen MR) is 233 cm³/mol. The van der Waals surface area contributed by atoms with E-state index in [1.165, 1.54) is 116 Å². The summed E-state index contributed by atoms with van der Waals surface area (Å²) in [5.74, 6) is 0. The molecule has 1 nitrogen and oxygen atoms in total. The van der Waals surface area contributed by atoms with Crippen molar-refractivity contribution in [2.45, 2.75) is 69.2 Å². The second-order valence-corrected chi connectivity index (χ2v) is 15.6. The zero-order chi connectivity index (χ0) is 37.3. The van der Waals surface area contributed by atoms with Crippen LogP contribution in [0.2, 0.25) is 0 Å². The fraction of sp³-hybridized carbons (Fsp3) is 0.196. The van der Waals surface area contributed by atoms with Gasteiger partial charge >= 0.3 is 0 Å². The lowest BCUT2D eigenvalue weighted by molar-refractivity contribution is 1.26. The van der Waals surface area contributed by atoms with E-state index < -0.39 is 0 Å². The summed E-state index contributed by atoms with van der Waals surface area (Å²) >= 11 is 0. The third-order valence-corrected chi connectivity index (χ3v) is 12.0. The van der Waals surface area contributed by atoms with Crippen LogP contribution in [0, 0.1) is 69.2 Å². The van der Waals surface area contributed by atoms with Gasteiger partial charge in [-0.05, 0) is 126 Å². The second-order valence-electron chi connectivity index (χ2n) is 15.6. The molecule has 0 aliphatic carbocycles. The molecule has 1 aromatic heterocycles. The van der Waals surface area contributed by atoms with Crippen LogP contribution < -0.4 is 16.4 Å². The number of pyridine rings is 1. The Balaban J connectivity index is 1.29. The van der Waals surface area contributed by atoms with Crippen molar-refractivity contribution in [1.29, 1.82) is 0 Å². The molecule has 8 aromatic rings. The maximum atomic E-state index is 5.11. The lowest BCUT2D eigenvalue weighted by atomic mass is 9.32. The zero-order valence-corrected chi connectivity index (χ0v) is 32.9. The number of para-hydroxylation sites is 1. The Hall–Kier alpha value is -5.47. The van der Waals surface area contributed by atoms with Crippen molar-refractivity contribution in [3.63, 3.8) is 0 Å². The van der Waals surface area contributed by atoms with Crippen LogP contribution in [-0.2, 0) is 0 Å². The smallest absolute Gasteiger partial charge is 0.243 e. The number of rotatable bonds is 5. The largest absolute Gasteiger partial charge is 0.247 e. The Morgan fingerprint density at radius 3 is 1.47 bits per heavy atom. The Kier molecular flexibility index (Phi) is 8.61. The number of hydrogen-bond acceptors (Lipinski definition) is 1. The van der Waals surface area contributed by atoms with Gasteiger partial charge in [-0.25, -0.2) is 4.98 Å². The van der Waals surface area contributed by atoms with E-state index in [1.54, 1.807) is 0 Å². The number of aromatic nitrogens is 1. The van der Waals surface area contributed by atoms with Crippen LogP contribution in [0.5, 0.6) is 0 Å². The van der Waals surface area contributed by atoms with Gasteiger partial charge in [-0.2, -0.15) is 0 Å². The molecule has 8 rings (SSSR count). The minimum atomic E-state index is 0.151. The highest BCUT2D eigenvalue weighted by Gasteiger charge is 2.32. The van der Waals surface area contributed by atoms with E-state index in [4.69, 9.17) is 4.98 Å². The molecule has 0 saturated heterocycles. The van der Waals surface area contributed by atoms with Gasteiger partial charge in [0, 0.05) is 16.2 Å². The molecule has 260 valence electrons. The number of fused-ring (bicyclic) bond motifs is 4. The molecule has 0 fully saturated rings. The Morgan fingerprint density at radius 1 is 0.415 bits per heavy atom. The van der Waals surface area contributed by atoms with Gasteiger partial charge in [0.25, 0.3) is 0 Å². The van der Waals surface area contributed by atoms with E-state index >= 15 is 0 Å². The van der Waals surface area contributed by atoms with E-state index in [1.807, 2.05) is 0 Å². The monoisotopic (exact) mass is 685 g/mol. The predicted octanol–water partition coefficient (Wildman–Crippen LogP) is 11.5. The lowest BCUT2D eigenvalue weighted by Gasteiger charge is -2.30. The van der Waals surface area contributed by atoms with E-state index in [-0.39, 0.29) is 6.71 Å². The summed E-state index contributed by atoms with van der Waals surface area (Å²) in [6.07, 6.45) is 0. The average molecular weight is 686 g/mol. The minimum Gasteiger partial charge on any atom is -0.247 e. The van der Waals surface area contributed by atoms with Crippen molar-refractivity contribution in [1.82, 2.24) is 4.98 Å². The van der Waals surface area contributed by atoms with Crippen molar-refractivity contribution in [3.8, 4) is 22.3 Å². The zero-order valence-electron chi connectivity index (χ0n) is 32.9. The fourth-order valence-corrected chi connectivity index (χ4v) is 9.60. The summed E-state index contributed by atoms with van der Waals surface area (Å²) in [6.45, 7) is 23.2. The molecule has 0 atom stereocenters. The number of aryl methyl sites for hydroxylation is 6. The minimum absolute atomic E-state index is 0.151. The van der Waals surface area contributed by atoms with E-state index in [0.717, 1.165) is 11.0 Å². The second kappa shape index (κ2) is 13.2. The fourth-order valence-electron chi connectivity index (χ4n) is 9.60. The molecule has 0 spiro atoms. The van der Waals surface area contributed by atoms with Crippen molar-refractivity contribution in [3.05, 3.63) is 165 Å². The highest BCUT2D eigenvalue weighted by atomic mass is 14.7. The molecule has 0 bridgehead atoms. The van der Waals surface area contributed by atoms with E-state index in [0.29, 0.717) is 0 Å². The van der Waals surface area contributed by atoms with Crippen LogP contribution in [0.15, 0.2) is 109 Å².